The van der Waals surface area contributed by atoms with Crippen molar-refractivity contribution in [1.29, 1.82) is 0 Å². The zero-order valence-electron chi connectivity index (χ0n) is 23.9. The van der Waals surface area contributed by atoms with E-state index in [1.54, 1.807) is 35.2 Å². The summed E-state index contributed by atoms with van der Waals surface area (Å²) in [5, 5.41) is 9.56. The average molecular weight is 603 g/mol. The van der Waals surface area contributed by atoms with Gasteiger partial charge in [-0.3, -0.25) is 4.79 Å². The minimum absolute atomic E-state index is 0.0285. The number of carbonyl (C=O) groups is 2. The maximum atomic E-state index is 13.4. The number of esters is 1. The van der Waals surface area contributed by atoms with Gasteiger partial charge in [0.2, 0.25) is 16.3 Å². The minimum Gasteiger partial charge on any atom is -0.497 e. The summed E-state index contributed by atoms with van der Waals surface area (Å²) in [7, 11) is -1.09. The molecule has 2 aromatic carbocycles. The zero-order chi connectivity index (χ0) is 30.1. The third kappa shape index (κ3) is 7.68. The fourth-order valence-corrected chi connectivity index (χ4v) is 6.44. The van der Waals surface area contributed by atoms with Gasteiger partial charge in [-0.2, -0.15) is 4.31 Å². The molecular weight excluding hydrogens is 564 g/mol. The van der Waals surface area contributed by atoms with Gasteiger partial charge in [-0.05, 0) is 67.3 Å². The van der Waals surface area contributed by atoms with E-state index in [2.05, 4.69) is 0 Å². The van der Waals surface area contributed by atoms with E-state index in [0.29, 0.717) is 30.8 Å². The van der Waals surface area contributed by atoms with E-state index in [9.17, 15) is 23.1 Å². The Labute approximate surface area is 246 Å². The normalized spacial score (nSPS) is 19.1. The summed E-state index contributed by atoms with van der Waals surface area (Å²) in [6.07, 6.45) is 4.29. The topological polar surface area (TPSA) is 132 Å². The maximum absolute atomic E-state index is 13.4. The molecule has 0 saturated carbocycles. The summed E-state index contributed by atoms with van der Waals surface area (Å²) in [6.45, 7) is 0.768. The molecule has 0 spiro atoms. The standard InChI is InChI=1S/C30H38N2O9S/c1-38-25-10-12-26(13-11-25)42(36,37)32(16-18-33)17-19-40-28-21-24(22-6-8-23(9-7-22)30(35)39-2)20-27(41-28)29(34)31-14-4-3-5-15-31/h6-13,20,24,28,33H,3-5,14-19,21H2,1-2H3/t24-,28+/m1/s1. The summed E-state index contributed by atoms with van der Waals surface area (Å²) in [5.74, 6) is -0.173. The molecule has 2 aliphatic heterocycles. The van der Waals surface area contributed by atoms with Crippen molar-refractivity contribution >= 4 is 21.9 Å². The number of aliphatic hydroxyl groups is 1. The van der Waals surface area contributed by atoms with Crippen molar-refractivity contribution in [3.8, 4) is 5.75 Å². The third-order valence-corrected chi connectivity index (χ3v) is 9.28. The lowest BCUT2D eigenvalue weighted by atomic mass is 9.92. The minimum atomic E-state index is -3.91. The second-order valence-corrected chi connectivity index (χ2v) is 12.0. The highest BCUT2D eigenvalue weighted by Crippen LogP contribution is 2.33. The van der Waals surface area contributed by atoms with Gasteiger partial charge in [-0.25, -0.2) is 13.2 Å². The van der Waals surface area contributed by atoms with Crippen molar-refractivity contribution in [2.24, 2.45) is 0 Å². The van der Waals surface area contributed by atoms with Crippen LogP contribution in [0.5, 0.6) is 5.75 Å². The summed E-state index contributed by atoms with van der Waals surface area (Å²) in [5.41, 5.74) is 1.28. The van der Waals surface area contributed by atoms with Gasteiger partial charge < -0.3 is 29.0 Å². The van der Waals surface area contributed by atoms with Crippen molar-refractivity contribution in [3.05, 3.63) is 71.5 Å². The van der Waals surface area contributed by atoms with Gasteiger partial charge in [0.1, 0.15) is 5.75 Å². The van der Waals surface area contributed by atoms with Crippen molar-refractivity contribution in [1.82, 2.24) is 9.21 Å². The lowest BCUT2D eigenvalue weighted by Crippen LogP contribution is -2.40. The number of piperidine rings is 1. The number of allylic oxidation sites excluding steroid dienone is 1. The number of ether oxygens (including phenoxy) is 4. The van der Waals surface area contributed by atoms with Crippen molar-refractivity contribution in [2.45, 2.75) is 42.8 Å². The molecular formula is C30H38N2O9S. The molecule has 0 aliphatic carbocycles. The summed E-state index contributed by atoms with van der Waals surface area (Å²) in [6, 6.07) is 13.0. The molecule has 0 bridgehead atoms. The molecule has 228 valence electrons. The van der Waals surface area contributed by atoms with E-state index in [0.717, 1.165) is 29.1 Å². The Morgan fingerprint density at radius 1 is 1.00 bits per heavy atom. The van der Waals surface area contributed by atoms with Crippen LogP contribution in [-0.4, -0.2) is 94.5 Å². The fraction of sp³-hybridized carbons (Fsp3) is 0.467. The maximum Gasteiger partial charge on any atom is 0.337 e. The van der Waals surface area contributed by atoms with Crippen LogP contribution >= 0.6 is 0 Å². The van der Waals surface area contributed by atoms with Crippen LogP contribution in [0, 0.1) is 0 Å². The molecule has 0 aromatic heterocycles. The Morgan fingerprint density at radius 3 is 2.31 bits per heavy atom. The van der Waals surface area contributed by atoms with Gasteiger partial charge in [0.25, 0.3) is 5.91 Å². The zero-order valence-corrected chi connectivity index (χ0v) is 24.8. The molecule has 1 saturated heterocycles. The number of likely N-dealkylation sites (tertiary alicyclic amines) is 1. The summed E-state index contributed by atoms with van der Waals surface area (Å²) >= 11 is 0. The highest BCUT2D eigenvalue weighted by atomic mass is 32.2. The number of sulfonamides is 1. The van der Waals surface area contributed by atoms with Crippen molar-refractivity contribution < 1.29 is 42.1 Å². The molecule has 4 rings (SSSR count). The van der Waals surface area contributed by atoms with Gasteiger partial charge >= 0.3 is 5.97 Å². The molecule has 2 atom stereocenters. The molecule has 2 aliphatic rings. The SMILES string of the molecule is COC(=O)c1ccc([C@@H]2C=C(C(=O)N3CCCCC3)O[C@H](OCCN(CCO)S(=O)(=O)c3ccc(OC)cc3)C2)cc1. The lowest BCUT2D eigenvalue weighted by Gasteiger charge is -2.33. The number of rotatable bonds is 12. The average Bonchev–Trinajstić information content (AvgIpc) is 3.04. The fourth-order valence-electron chi connectivity index (χ4n) is 5.03. The number of carbonyl (C=O) groups excluding carboxylic acids is 2. The molecule has 42 heavy (non-hydrogen) atoms. The predicted molar refractivity (Wildman–Crippen MR) is 153 cm³/mol. The van der Waals surface area contributed by atoms with E-state index in [1.807, 2.05) is 12.1 Å². The predicted octanol–water partition coefficient (Wildman–Crippen LogP) is 2.91. The van der Waals surface area contributed by atoms with Crippen LogP contribution in [0.2, 0.25) is 0 Å². The third-order valence-electron chi connectivity index (χ3n) is 7.36. The summed E-state index contributed by atoms with van der Waals surface area (Å²) in [4.78, 5) is 27.1. The van der Waals surface area contributed by atoms with Crippen LogP contribution < -0.4 is 4.74 Å². The van der Waals surface area contributed by atoms with Gasteiger partial charge in [0, 0.05) is 38.5 Å². The molecule has 2 aromatic rings. The van der Waals surface area contributed by atoms with Gasteiger partial charge in [-0.1, -0.05) is 12.1 Å². The molecule has 11 nitrogen and oxygen atoms in total. The largest absolute Gasteiger partial charge is 0.497 e. The Morgan fingerprint density at radius 2 is 1.69 bits per heavy atom. The van der Waals surface area contributed by atoms with E-state index < -0.39 is 22.3 Å². The van der Waals surface area contributed by atoms with Crippen LogP contribution in [0.25, 0.3) is 0 Å². The van der Waals surface area contributed by atoms with Crippen LogP contribution in [0.3, 0.4) is 0 Å². The first-order valence-electron chi connectivity index (χ1n) is 14.0. The van der Waals surface area contributed by atoms with Gasteiger partial charge in [-0.15, -0.1) is 0 Å². The van der Waals surface area contributed by atoms with Gasteiger partial charge in [0.05, 0.1) is 37.9 Å². The number of hydrogen-bond acceptors (Lipinski definition) is 9. The number of hydrogen-bond donors (Lipinski definition) is 1. The van der Waals surface area contributed by atoms with E-state index in [1.165, 1.54) is 26.4 Å². The van der Waals surface area contributed by atoms with E-state index in [4.69, 9.17) is 18.9 Å². The molecule has 1 fully saturated rings. The van der Waals surface area contributed by atoms with Crippen molar-refractivity contribution in [3.63, 3.8) is 0 Å². The molecule has 0 unspecified atom stereocenters. The lowest BCUT2D eigenvalue weighted by molar-refractivity contribution is -0.153. The highest BCUT2D eigenvalue weighted by molar-refractivity contribution is 7.89. The second-order valence-electron chi connectivity index (χ2n) is 10.1. The first kappa shape index (κ1) is 31.5. The molecule has 2 heterocycles. The molecule has 0 radical (unpaired) electrons. The Hall–Kier alpha value is -3.45. The Bertz CT molecular complexity index is 1340. The Kier molecular flexibility index (Phi) is 11.0. The van der Waals surface area contributed by atoms with Crippen LogP contribution in [0.1, 0.15) is 47.5 Å². The molecule has 1 N–H and O–H groups in total. The van der Waals surface area contributed by atoms with E-state index >= 15 is 0 Å². The van der Waals surface area contributed by atoms with E-state index in [-0.39, 0.29) is 48.8 Å². The van der Waals surface area contributed by atoms with Crippen LogP contribution in [0.4, 0.5) is 0 Å². The molecule has 12 heteroatoms. The first-order valence-corrected chi connectivity index (χ1v) is 15.4. The number of benzene rings is 2. The smallest absolute Gasteiger partial charge is 0.337 e. The quantitative estimate of drug-likeness (QED) is 0.364. The first-order chi connectivity index (χ1) is 20.3. The monoisotopic (exact) mass is 602 g/mol. The molecule has 1 amide bonds. The highest BCUT2D eigenvalue weighted by Gasteiger charge is 2.32. The van der Waals surface area contributed by atoms with Crippen LogP contribution in [0.15, 0.2) is 65.3 Å². The summed E-state index contributed by atoms with van der Waals surface area (Å²) < 4.78 is 49.6. The second kappa shape index (κ2) is 14.6. The Balaban J connectivity index is 1.48. The number of amides is 1. The van der Waals surface area contributed by atoms with Gasteiger partial charge in [0.15, 0.2) is 5.76 Å². The number of nitrogens with zero attached hydrogens (tertiary/aromatic N) is 2. The van der Waals surface area contributed by atoms with Crippen LogP contribution in [-0.2, 0) is 29.0 Å². The number of aliphatic hydroxyl groups excluding tert-OH is 1. The van der Waals surface area contributed by atoms with Crippen molar-refractivity contribution in [2.75, 3.05) is 53.6 Å². The number of methoxy groups -OCH3 is 2.